The van der Waals surface area contributed by atoms with E-state index in [1.54, 1.807) is 12.1 Å². The Morgan fingerprint density at radius 1 is 1.11 bits per heavy atom. The molecule has 0 bridgehead atoms. The predicted molar refractivity (Wildman–Crippen MR) is 113 cm³/mol. The number of carbonyl (C=O) groups is 1. The first-order valence-electron chi connectivity index (χ1n) is 9.20. The van der Waals surface area contributed by atoms with Gasteiger partial charge in [0.1, 0.15) is 5.82 Å². The van der Waals surface area contributed by atoms with Crippen molar-refractivity contribution >= 4 is 17.6 Å². The molecule has 0 spiro atoms. The second-order valence-corrected chi connectivity index (χ2v) is 6.76. The summed E-state index contributed by atoms with van der Waals surface area (Å²) in [4.78, 5) is 15.4. The lowest BCUT2D eigenvalue weighted by atomic mass is 9.97. The van der Waals surface area contributed by atoms with Gasteiger partial charge in [-0.05, 0) is 60.9 Å². The van der Waals surface area contributed by atoms with Crippen molar-refractivity contribution in [1.29, 1.82) is 0 Å². The molecule has 0 saturated carbocycles. The van der Waals surface area contributed by atoms with Crippen molar-refractivity contribution in [3.63, 3.8) is 0 Å². The predicted octanol–water partition coefficient (Wildman–Crippen LogP) is 1.90. The Kier molecular flexibility index (Phi) is 5.84. The highest BCUT2D eigenvalue weighted by Gasteiger charge is 2.17. The number of rotatable bonds is 7. The number of benzene rings is 2. The topological polar surface area (TPSA) is 118 Å². The fourth-order valence-electron chi connectivity index (χ4n) is 3.08. The number of nitrogens with two attached hydrogens (primary N) is 2. The lowest BCUT2D eigenvalue weighted by Gasteiger charge is -2.24. The molecule has 1 aliphatic rings. The molecule has 1 atom stereocenters. The lowest BCUT2D eigenvalue weighted by molar-refractivity contribution is 0.100. The van der Waals surface area contributed by atoms with Gasteiger partial charge in [-0.1, -0.05) is 18.2 Å². The molecule has 1 aliphatic heterocycles. The zero-order chi connectivity index (χ0) is 20.1. The maximum Gasteiger partial charge on any atom is 0.248 e. The van der Waals surface area contributed by atoms with Gasteiger partial charge >= 0.3 is 0 Å². The number of amides is 1. The maximum absolute atomic E-state index is 11.1. The lowest BCUT2D eigenvalue weighted by Crippen LogP contribution is -2.39. The van der Waals surface area contributed by atoms with Crippen molar-refractivity contribution in [2.24, 2.45) is 16.5 Å². The molecule has 0 radical (unpaired) electrons. The van der Waals surface area contributed by atoms with Crippen LogP contribution in [0.15, 0.2) is 59.4 Å². The zero-order valence-electron chi connectivity index (χ0n) is 16.1. The first-order chi connectivity index (χ1) is 13.4. The molecule has 7 heteroatoms. The van der Waals surface area contributed by atoms with Crippen molar-refractivity contribution in [1.82, 2.24) is 10.6 Å². The number of hydrogen-bond acceptors (Lipinski definition) is 6. The third-order valence-corrected chi connectivity index (χ3v) is 4.78. The van der Waals surface area contributed by atoms with Crippen LogP contribution in [-0.2, 0) is 0 Å². The van der Waals surface area contributed by atoms with E-state index in [1.165, 1.54) is 16.7 Å². The van der Waals surface area contributed by atoms with E-state index < -0.39 is 5.91 Å². The summed E-state index contributed by atoms with van der Waals surface area (Å²) in [5, 5.41) is 9.81. The van der Waals surface area contributed by atoms with Crippen LogP contribution >= 0.6 is 0 Å². The van der Waals surface area contributed by atoms with Crippen molar-refractivity contribution in [3.05, 3.63) is 76.6 Å². The Labute approximate surface area is 164 Å². The van der Waals surface area contributed by atoms with Crippen LogP contribution in [0.2, 0.25) is 0 Å². The average molecular weight is 378 g/mol. The summed E-state index contributed by atoms with van der Waals surface area (Å²) >= 11 is 0. The fourth-order valence-corrected chi connectivity index (χ4v) is 3.08. The van der Waals surface area contributed by atoms with E-state index in [4.69, 9.17) is 11.5 Å². The van der Waals surface area contributed by atoms with Crippen molar-refractivity contribution in [2.45, 2.75) is 19.9 Å². The molecule has 1 amide bonds. The Balaban J connectivity index is 1.57. The summed E-state index contributed by atoms with van der Waals surface area (Å²) in [5.41, 5.74) is 16.3. The second kappa shape index (κ2) is 8.47. The Morgan fingerprint density at radius 3 is 2.54 bits per heavy atom. The maximum atomic E-state index is 11.1. The van der Waals surface area contributed by atoms with Crippen LogP contribution in [0.1, 0.15) is 33.1 Å². The van der Waals surface area contributed by atoms with E-state index in [-0.39, 0.29) is 6.04 Å². The van der Waals surface area contributed by atoms with Crippen LogP contribution in [0.25, 0.3) is 0 Å². The summed E-state index contributed by atoms with van der Waals surface area (Å²) < 4.78 is 0. The number of aliphatic imine (C=N–C) groups is 1. The van der Waals surface area contributed by atoms with Gasteiger partial charge in [-0.15, -0.1) is 0 Å². The molecule has 0 fully saturated rings. The third-order valence-electron chi connectivity index (χ3n) is 4.78. The molecule has 0 aromatic heterocycles. The standard InChI is InChI=1S/C21H26N6O/c1-13-4-3-5-17(14(13)2)18-12-19(27-21(23)26-18)25-11-10-24-16-8-6-15(7-9-16)20(22)28/h3-9,12,18,24-25H,10-11H2,1-2H3,(H2,22,28)(H3,23,26,27). The van der Waals surface area contributed by atoms with E-state index >= 15 is 0 Å². The van der Waals surface area contributed by atoms with Gasteiger partial charge in [-0.25, -0.2) is 0 Å². The van der Waals surface area contributed by atoms with Crippen LogP contribution in [0.3, 0.4) is 0 Å². The summed E-state index contributed by atoms with van der Waals surface area (Å²) in [6.07, 6.45) is 2.04. The number of nitrogens with one attached hydrogen (secondary N) is 3. The van der Waals surface area contributed by atoms with Gasteiger partial charge in [-0.2, -0.15) is 4.99 Å². The fraction of sp³-hybridized carbons (Fsp3) is 0.238. The molecule has 28 heavy (non-hydrogen) atoms. The molecular weight excluding hydrogens is 352 g/mol. The summed E-state index contributed by atoms with van der Waals surface area (Å²) in [6, 6.07) is 13.3. The van der Waals surface area contributed by atoms with Crippen LogP contribution in [0, 0.1) is 13.8 Å². The summed E-state index contributed by atoms with van der Waals surface area (Å²) in [6.45, 7) is 5.57. The third kappa shape index (κ3) is 4.62. The zero-order valence-corrected chi connectivity index (χ0v) is 16.1. The second-order valence-electron chi connectivity index (χ2n) is 6.76. The molecule has 2 aromatic carbocycles. The highest BCUT2D eigenvalue weighted by Crippen LogP contribution is 2.24. The van der Waals surface area contributed by atoms with E-state index in [0.29, 0.717) is 24.6 Å². The van der Waals surface area contributed by atoms with E-state index in [0.717, 1.165) is 11.5 Å². The van der Waals surface area contributed by atoms with Crippen molar-refractivity contribution < 1.29 is 4.79 Å². The molecule has 0 aliphatic carbocycles. The highest BCUT2D eigenvalue weighted by molar-refractivity contribution is 5.93. The first-order valence-corrected chi connectivity index (χ1v) is 9.20. The first kappa shape index (κ1) is 19.3. The van der Waals surface area contributed by atoms with Gasteiger partial charge in [0.2, 0.25) is 5.91 Å². The normalized spacial score (nSPS) is 15.9. The minimum atomic E-state index is -0.431. The minimum Gasteiger partial charge on any atom is -0.383 e. The number of nitrogens with zero attached hydrogens (tertiary/aromatic N) is 1. The number of guanidine groups is 1. The number of hydrogen-bond donors (Lipinski definition) is 5. The van der Waals surface area contributed by atoms with Crippen molar-refractivity contribution in [2.75, 3.05) is 18.4 Å². The minimum absolute atomic E-state index is 0.0193. The van der Waals surface area contributed by atoms with Gasteiger partial charge < -0.3 is 27.4 Å². The Morgan fingerprint density at radius 2 is 1.82 bits per heavy atom. The van der Waals surface area contributed by atoms with Crippen LogP contribution in [0.5, 0.6) is 0 Å². The van der Waals surface area contributed by atoms with Gasteiger partial charge in [0.05, 0.1) is 6.04 Å². The van der Waals surface area contributed by atoms with Gasteiger partial charge in [0.15, 0.2) is 5.96 Å². The molecule has 1 unspecified atom stereocenters. The molecule has 1 heterocycles. The molecule has 2 aromatic rings. The monoisotopic (exact) mass is 378 g/mol. The molecule has 146 valence electrons. The molecule has 3 rings (SSSR count). The Bertz CT molecular complexity index is 917. The van der Waals surface area contributed by atoms with Gasteiger partial charge in [-0.3, -0.25) is 4.79 Å². The van der Waals surface area contributed by atoms with Crippen LogP contribution in [-0.4, -0.2) is 25.0 Å². The number of aryl methyl sites for hydroxylation is 1. The molecule has 7 nitrogen and oxygen atoms in total. The number of anilines is 1. The van der Waals surface area contributed by atoms with E-state index in [9.17, 15) is 4.79 Å². The summed E-state index contributed by atoms with van der Waals surface area (Å²) in [7, 11) is 0. The molecule has 0 saturated heterocycles. The molecular formula is C21H26N6O. The van der Waals surface area contributed by atoms with Crippen molar-refractivity contribution in [3.8, 4) is 0 Å². The smallest absolute Gasteiger partial charge is 0.248 e. The highest BCUT2D eigenvalue weighted by atomic mass is 16.1. The summed E-state index contributed by atoms with van der Waals surface area (Å²) in [5.74, 6) is 0.707. The van der Waals surface area contributed by atoms with E-state index in [2.05, 4.69) is 53.0 Å². The number of carbonyl (C=O) groups excluding carboxylic acids is 1. The number of primary amides is 1. The Hall–Kier alpha value is -3.48. The largest absolute Gasteiger partial charge is 0.383 e. The van der Waals surface area contributed by atoms with Crippen LogP contribution < -0.4 is 27.4 Å². The van der Waals surface area contributed by atoms with Gasteiger partial charge in [0, 0.05) is 24.3 Å². The SMILES string of the molecule is Cc1cccc(C2C=C(NCCNc3ccc(C(N)=O)cc3)N=C(N)N2)c1C. The van der Waals surface area contributed by atoms with E-state index in [1.807, 2.05) is 18.2 Å². The molecule has 7 N–H and O–H groups in total. The van der Waals surface area contributed by atoms with Gasteiger partial charge in [0.25, 0.3) is 0 Å². The average Bonchev–Trinajstić information content (AvgIpc) is 2.67. The van der Waals surface area contributed by atoms with Crippen LogP contribution in [0.4, 0.5) is 5.69 Å². The quantitative estimate of drug-likeness (QED) is 0.472.